The summed E-state index contributed by atoms with van der Waals surface area (Å²) in [6.45, 7) is 12.9. The van der Waals surface area contributed by atoms with E-state index in [-0.39, 0.29) is 17.1 Å². The van der Waals surface area contributed by atoms with Gasteiger partial charge in [0.2, 0.25) is 5.76 Å². The van der Waals surface area contributed by atoms with Gasteiger partial charge in [-0.1, -0.05) is 38.1 Å². The molecule has 0 N–H and O–H groups in total. The molecule has 1 unspecified atom stereocenters. The predicted octanol–water partition coefficient (Wildman–Crippen LogP) is 5.57. The van der Waals surface area contributed by atoms with E-state index in [1.165, 1.54) is 0 Å². The Kier molecular flexibility index (Phi) is 5.92. The second-order valence-electron chi connectivity index (χ2n) is 8.88. The van der Waals surface area contributed by atoms with Gasteiger partial charge in [-0.05, 0) is 61.1 Å². The topological polar surface area (TPSA) is 59.8 Å². The maximum absolute atomic E-state index is 13.7. The average molecular weight is 432 g/mol. The fourth-order valence-electron chi connectivity index (χ4n) is 4.37. The largest absolute Gasteiger partial charge is 0.494 e. The SMILES string of the molecule is C=CCN1C(=O)c2oc3cc(C)cc(C)c3c(=O)c2C1c1cccc(OCCC(C)C)c1. The molecule has 0 saturated heterocycles. The van der Waals surface area contributed by atoms with Gasteiger partial charge in [-0.2, -0.15) is 0 Å². The van der Waals surface area contributed by atoms with E-state index in [1.54, 1.807) is 11.0 Å². The zero-order valence-corrected chi connectivity index (χ0v) is 19.1. The van der Waals surface area contributed by atoms with Crippen LogP contribution in [0.25, 0.3) is 11.0 Å². The van der Waals surface area contributed by atoms with Crippen molar-refractivity contribution < 1.29 is 13.9 Å². The standard InChI is InChI=1S/C27H29NO4/c1-6-11-28-24(19-8-7-9-20(15-19)31-12-10-16(2)3)23-25(29)22-18(5)13-17(4)14-21(22)32-26(23)27(28)30/h6-9,13-16,24H,1,10-12H2,2-5H3. The minimum Gasteiger partial charge on any atom is -0.494 e. The first kappa shape index (κ1) is 21.9. The van der Waals surface area contributed by atoms with E-state index in [0.29, 0.717) is 35.6 Å². The highest BCUT2D eigenvalue weighted by Gasteiger charge is 2.42. The Bertz CT molecular complexity index is 1250. The molecule has 1 aliphatic rings. The smallest absolute Gasteiger partial charge is 0.291 e. The van der Waals surface area contributed by atoms with Crippen molar-refractivity contribution in [3.8, 4) is 5.75 Å². The van der Waals surface area contributed by atoms with Crippen molar-refractivity contribution >= 4 is 16.9 Å². The summed E-state index contributed by atoms with van der Waals surface area (Å²) in [6, 6.07) is 10.8. The predicted molar refractivity (Wildman–Crippen MR) is 126 cm³/mol. The molecule has 166 valence electrons. The summed E-state index contributed by atoms with van der Waals surface area (Å²) in [5.74, 6) is 1.09. The Morgan fingerprint density at radius 1 is 1.19 bits per heavy atom. The van der Waals surface area contributed by atoms with Crippen molar-refractivity contribution in [2.75, 3.05) is 13.2 Å². The van der Waals surface area contributed by atoms with Gasteiger partial charge in [0.1, 0.15) is 11.3 Å². The summed E-state index contributed by atoms with van der Waals surface area (Å²) in [6.07, 6.45) is 2.62. The molecule has 5 nitrogen and oxygen atoms in total. The quantitative estimate of drug-likeness (QED) is 0.459. The fourth-order valence-corrected chi connectivity index (χ4v) is 4.37. The molecular weight excluding hydrogens is 402 g/mol. The van der Waals surface area contributed by atoms with Gasteiger partial charge >= 0.3 is 0 Å². The van der Waals surface area contributed by atoms with Crippen molar-refractivity contribution in [2.45, 2.75) is 40.2 Å². The molecule has 1 atom stereocenters. The summed E-state index contributed by atoms with van der Waals surface area (Å²) in [4.78, 5) is 28.6. The number of benzene rings is 2. The second kappa shape index (κ2) is 8.65. The molecular formula is C27H29NO4. The van der Waals surface area contributed by atoms with Gasteiger partial charge in [0, 0.05) is 6.54 Å². The van der Waals surface area contributed by atoms with Crippen molar-refractivity contribution in [1.82, 2.24) is 4.90 Å². The number of fused-ring (bicyclic) bond motifs is 2. The van der Waals surface area contributed by atoms with Gasteiger partial charge in [0.25, 0.3) is 5.91 Å². The second-order valence-corrected chi connectivity index (χ2v) is 8.88. The lowest BCUT2D eigenvalue weighted by molar-refractivity contribution is 0.0748. The molecule has 2 heterocycles. The number of aryl methyl sites for hydroxylation is 2. The Balaban J connectivity index is 1.86. The number of hydrogen-bond donors (Lipinski definition) is 0. The lowest BCUT2D eigenvalue weighted by Crippen LogP contribution is -2.29. The van der Waals surface area contributed by atoms with Crippen LogP contribution in [0.1, 0.15) is 59.1 Å². The Morgan fingerprint density at radius 2 is 1.97 bits per heavy atom. The van der Waals surface area contributed by atoms with Gasteiger partial charge in [-0.25, -0.2) is 0 Å². The van der Waals surface area contributed by atoms with Gasteiger partial charge < -0.3 is 14.1 Å². The van der Waals surface area contributed by atoms with Crippen LogP contribution in [0, 0.1) is 19.8 Å². The minimum atomic E-state index is -0.550. The fraction of sp³-hybridized carbons (Fsp3) is 0.333. The molecule has 0 saturated carbocycles. The van der Waals surface area contributed by atoms with Crippen LogP contribution in [0.15, 0.2) is 58.3 Å². The third-order valence-corrected chi connectivity index (χ3v) is 5.88. The third-order valence-electron chi connectivity index (χ3n) is 5.88. The number of hydrogen-bond acceptors (Lipinski definition) is 4. The Hall–Kier alpha value is -3.34. The average Bonchev–Trinajstić information content (AvgIpc) is 3.00. The molecule has 3 aromatic rings. The highest BCUT2D eigenvalue weighted by molar-refractivity contribution is 5.99. The highest BCUT2D eigenvalue weighted by atomic mass is 16.5. The summed E-state index contributed by atoms with van der Waals surface area (Å²) in [5, 5.41) is 0.525. The van der Waals surface area contributed by atoms with Crippen LogP contribution in [-0.4, -0.2) is 24.0 Å². The molecule has 32 heavy (non-hydrogen) atoms. The molecule has 2 aromatic carbocycles. The minimum absolute atomic E-state index is 0.116. The number of carbonyl (C=O) groups is 1. The molecule has 1 amide bonds. The van der Waals surface area contributed by atoms with E-state index in [0.717, 1.165) is 28.9 Å². The van der Waals surface area contributed by atoms with Gasteiger partial charge in [-0.15, -0.1) is 6.58 Å². The molecule has 0 aliphatic carbocycles. The Morgan fingerprint density at radius 3 is 2.69 bits per heavy atom. The first-order valence-corrected chi connectivity index (χ1v) is 11.0. The molecule has 4 rings (SSSR count). The molecule has 0 bridgehead atoms. The third kappa shape index (κ3) is 3.83. The first-order chi connectivity index (χ1) is 15.3. The molecule has 1 aliphatic heterocycles. The van der Waals surface area contributed by atoms with E-state index >= 15 is 0 Å². The normalized spacial score (nSPS) is 15.5. The van der Waals surface area contributed by atoms with Crippen LogP contribution in [0.5, 0.6) is 5.75 Å². The highest BCUT2D eigenvalue weighted by Crippen LogP contribution is 2.39. The molecule has 5 heteroatoms. The summed E-state index contributed by atoms with van der Waals surface area (Å²) < 4.78 is 12.0. The zero-order chi connectivity index (χ0) is 23.0. The molecule has 0 spiro atoms. The lowest BCUT2D eigenvalue weighted by Gasteiger charge is -2.24. The summed E-state index contributed by atoms with van der Waals surface area (Å²) in [7, 11) is 0. The van der Waals surface area contributed by atoms with Gasteiger partial charge in [0.05, 0.1) is 23.6 Å². The number of ether oxygens (including phenoxy) is 1. The van der Waals surface area contributed by atoms with Crippen molar-refractivity contribution in [3.05, 3.63) is 87.3 Å². The van der Waals surface area contributed by atoms with Crippen LogP contribution in [-0.2, 0) is 0 Å². The van der Waals surface area contributed by atoms with Crippen molar-refractivity contribution in [1.29, 1.82) is 0 Å². The molecule has 1 aromatic heterocycles. The number of rotatable bonds is 7. The number of amides is 1. The number of nitrogens with zero attached hydrogens (tertiary/aromatic N) is 1. The Labute approximate surface area is 188 Å². The van der Waals surface area contributed by atoms with Crippen LogP contribution in [0.2, 0.25) is 0 Å². The van der Waals surface area contributed by atoms with E-state index in [4.69, 9.17) is 9.15 Å². The van der Waals surface area contributed by atoms with E-state index in [2.05, 4.69) is 20.4 Å². The van der Waals surface area contributed by atoms with Crippen LogP contribution >= 0.6 is 0 Å². The lowest BCUT2D eigenvalue weighted by atomic mass is 9.96. The monoisotopic (exact) mass is 431 g/mol. The van der Waals surface area contributed by atoms with Crippen molar-refractivity contribution in [2.24, 2.45) is 5.92 Å². The maximum atomic E-state index is 13.7. The van der Waals surface area contributed by atoms with E-state index in [1.807, 2.05) is 50.2 Å². The van der Waals surface area contributed by atoms with E-state index in [9.17, 15) is 9.59 Å². The molecule has 0 fully saturated rings. The maximum Gasteiger partial charge on any atom is 0.291 e. The van der Waals surface area contributed by atoms with Gasteiger partial charge in [-0.3, -0.25) is 9.59 Å². The molecule has 0 radical (unpaired) electrons. The van der Waals surface area contributed by atoms with Crippen LogP contribution < -0.4 is 10.2 Å². The van der Waals surface area contributed by atoms with Gasteiger partial charge in [0.15, 0.2) is 5.43 Å². The van der Waals surface area contributed by atoms with E-state index < -0.39 is 6.04 Å². The first-order valence-electron chi connectivity index (χ1n) is 11.0. The summed E-state index contributed by atoms with van der Waals surface area (Å²) in [5.41, 5.74) is 3.32. The van der Waals surface area contributed by atoms with Crippen LogP contribution in [0.3, 0.4) is 0 Å². The van der Waals surface area contributed by atoms with Crippen molar-refractivity contribution in [3.63, 3.8) is 0 Å². The van der Waals surface area contributed by atoms with Crippen LogP contribution in [0.4, 0.5) is 0 Å². The number of carbonyl (C=O) groups excluding carboxylic acids is 1. The zero-order valence-electron chi connectivity index (χ0n) is 19.1. The summed E-state index contributed by atoms with van der Waals surface area (Å²) >= 11 is 0.